The number of carbonyl (C=O) groups excluding carboxylic acids is 2. The predicted molar refractivity (Wildman–Crippen MR) is 105 cm³/mol. The molecule has 1 heterocycles. The van der Waals surface area contributed by atoms with Crippen molar-refractivity contribution in [2.75, 3.05) is 32.7 Å². The average molecular weight is 388 g/mol. The molecule has 2 aliphatic rings. The van der Waals surface area contributed by atoms with Crippen LogP contribution >= 0.6 is 0 Å². The van der Waals surface area contributed by atoms with Crippen molar-refractivity contribution in [3.05, 3.63) is 39.9 Å². The number of non-ortho nitro benzene ring substituents is 1. The Hall–Kier alpha value is -2.48. The van der Waals surface area contributed by atoms with Gasteiger partial charge in [-0.1, -0.05) is 12.8 Å². The maximum Gasteiger partial charge on any atom is 0.269 e. The Kier molecular flexibility index (Phi) is 6.61. The van der Waals surface area contributed by atoms with E-state index in [-0.39, 0.29) is 23.5 Å². The van der Waals surface area contributed by atoms with Crippen LogP contribution in [0.15, 0.2) is 24.3 Å². The SMILES string of the molecule is CCNC(=O)[C@H](C1CCCC1)N1CCN(C(=O)c2ccc([N+](=O)[O-])cc2)CC1. The molecule has 0 bridgehead atoms. The van der Waals surface area contributed by atoms with Crippen molar-refractivity contribution in [1.29, 1.82) is 0 Å². The van der Waals surface area contributed by atoms with Crippen LogP contribution in [0.5, 0.6) is 0 Å². The number of benzene rings is 1. The van der Waals surface area contributed by atoms with E-state index in [0.29, 0.717) is 44.2 Å². The molecule has 1 aliphatic heterocycles. The smallest absolute Gasteiger partial charge is 0.269 e. The van der Waals surface area contributed by atoms with E-state index in [1.165, 1.54) is 37.1 Å². The van der Waals surface area contributed by atoms with E-state index in [9.17, 15) is 19.7 Å². The average Bonchev–Trinajstić information content (AvgIpc) is 3.23. The topological polar surface area (TPSA) is 95.8 Å². The molecule has 1 saturated heterocycles. The fourth-order valence-electron chi connectivity index (χ4n) is 4.34. The van der Waals surface area contributed by atoms with Crippen molar-refractivity contribution in [2.24, 2.45) is 5.92 Å². The molecule has 8 heteroatoms. The van der Waals surface area contributed by atoms with Gasteiger partial charge in [-0.2, -0.15) is 0 Å². The number of hydrogen-bond acceptors (Lipinski definition) is 5. The molecular formula is C20H28N4O4. The first-order valence-corrected chi connectivity index (χ1v) is 10.1. The number of carbonyl (C=O) groups is 2. The van der Waals surface area contributed by atoms with Crippen LogP contribution in [0.3, 0.4) is 0 Å². The molecule has 28 heavy (non-hydrogen) atoms. The van der Waals surface area contributed by atoms with Crippen LogP contribution in [-0.4, -0.2) is 65.3 Å². The highest BCUT2D eigenvalue weighted by molar-refractivity contribution is 5.94. The van der Waals surface area contributed by atoms with Crippen molar-refractivity contribution in [3.8, 4) is 0 Å². The minimum atomic E-state index is -0.475. The molecule has 3 rings (SSSR count). The molecule has 0 radical (unpaired) electrons. The summed E-state index contributed by atoms with van der Waals surface area (Å²) in [6.07, 6.45) is 4.53. The van der Waals surface area contributed by atoms with E-state index < -0.39 is 4.92 Å². The Balaban J connectivity index is 1.62. The molecule has 1 atom stereocenters. The minimum Gasteiger partial charge on any atom is -0.355 e. The van der Waals surface area contributed by atoms with E-state index in [2.05, 4.69) is 10.2 Å². The highest BCUT2D eigenvalue weighted by atomic mass is 16.6. The molecule has 1 aromatic rings. The van der Waals surface area contributed by atoms with Crippen LogP contribution in [0, 0.1) is 16.0 Å². The second kappa shape index (κ2) is 9.14. The third-order valence-electron chi connectivity index (χ3n) is 5.79. The fraction of sp³-hybridized carbons (Fsp3) is 0.600. The second-order valence-electron chi connectivity index (χ2n) is 7.52. The molecule has 2 fully saturated rings. The summed E-state index contributed by atoms with van der Waals surface area (Å²) in [6, 6.07) is 5.61. The largest absolute Gasteiger partial charge is 0.355 e. The maximum absolute atomic E-state index is 12.7. The Morgan fingerprint density at radius 1 is 1.14 bits per heavy atom. The van der Waals surface area contributed by atoms with Crippen LogP contribution in [0.25, 0.3) is 0 Å². The summed E-state index contributed by atoms with van der Waals surface area (Å²) in [5.41, 5.74) is 0.429. The van der Waals surface area contributed by atoms with Gasteiger partial charge in [0, 0.05) is 50.4 Å². The summed E-state index contributed by atoms with van der Waals surface area (Å²) in [6.45, 7) is 5.00. The first kappa shape index (κ1) is 20.3. The monoisotopic (exact) mass is 388 g/mol. The quantitative estimate of drug-likeness (QED) is 0.594. The van der Waals surface area contributed by atoms with Crippen LogP contribution in [0.1, 0.15) is 43.0 Å². The van der Waals surface area contributed by atoms with Gasteiger partial charge in [0.1, 0.15) is 0 Å². The molecule has 0 unspecified atom stereocenters. The number of nitro groups is 1. The fourth-order valence-corrected chi connectivity index (χ4v) is 4.34. The van der Waals surface area contributed by atoms with Gasteiger partial charge in [0.2, 0.25) is 5.91 Å². The van der Waals surface area contributed by atoms with Crippen LogP contribution < -0.4 is 5.32 Å². The maximum atomic E-state index is 12.7. The third kappa shape index (κ3) is 4.49. The summed E-state index contributed by atoms with van der Waals surface area (Å²) < 4.78 is 0. The number of rotatable bonds is 6. The van der Waals surface area contributed by atoms with E-state index in [1.807, 2.05) is 6.92 Å². The van der Waals surface area contributed by atoms with Crippen LogP contribution in [0.4, 0.5) is 5.69 Å². The van der Waals surface area contributed by atoms with Crippen LogP contribution in [-0.2, 0) is 4.79 Å². The summed E-state index contributed by atoms with van der Waals surface area (Å²) in [4.78, 5) is 39.7. The molecule has 1 aromatic carbocycles. The zero-order chi connectivity index (χ0) is 20.1. The van der Waals surface area contributed by atoms with E-state index >= 15 is 0 Å². The Bertz CT molecular complexity index is 707. The van der Waals surface area contributed by atoms with E-state index in [0.717, 1.165) is 12.8 Å². The lowest BCUT2D eigenvalue weighted by Gasteiger charge is -2.40. The molecule has 8 nitrogen and oxygen atoms in total. The Labute approximate surface area is 165 Å². The van der Waals surface area contributed by atoms with Crippen molar-refractivity contribution in [3.63, 3.8) is 0 Å². The van der Waals surface area contributed by atoms with Gasteiger partial charge < -0.3 is 10.2 Å². The first-order valence-electron chi connectivity index (χ1n) is 10.1. The molecule has 1 saturated carbocycles. The molecule has 152 valence electrons. The predicted octanol–water partition coefficient (Wildman–Crippen LogP) is 2.05. The third-order valence-corrected chi connectivity index (χ3v) is 5.79. The Morgan fingerprint density at radius 2 is 1.75 bits per heavy atom. The van der Waals surface area contributed by atoms with Crippen molar-refractivity contribution in [1.82, 2.24) is 15.1 Å². The van der Waals surface area contributed by atoms with E-state index in [1.54, 1.807) is 4.90 Å². The molecule has 1 aliphatic carbocycles. The highest BCUT2D eigenvalue weighted by Gasteiger charge is 2.37. The molecule has 0 spiro atoms. The van der Waals surface area contributed by atoms with Gasteiger partial charge in [0.25, 0.3) is 11.6 Å². The summed E-state index contributed by atoms with van der Waals surface area (Å²) in [5, 5.41) is 13.7. The first-order chi connectivity index (χ1) is 13.5. The normalized spacial score (nSPS) is 19.4. The zero-order valence-corrected chi connectivity index (χ0v) is 16.3. The standard InChI is InChI=1S/C20H28N4O4/c1-2-21-19(25)18(15-5-3-4-6-15)22-11-13-23(14-12-22)20(26)16-7-9-17(10-8-16)24(27)28/h7-10,15,18H,2-6,11-14H2,1H3,(H,21,25)/t18-/m0/s1. The van der Waals surface area contributed by atoms with Gasteiger partial charge in [-0.15, -0.1) is 0 Å². The molecule has 2 amide bonds. The van der Waals surface area contributed by atoms with Crippen molar-refractivity contribution < 1.29 is 14.5 Å². The van der Waals surface area contributed by atoms with Crippen LogP contribution in [0.2, 0.25) is 0 Å². The summed E-state index contributed by atoms with van der Waals surface area (Å²) in [7, 11) is 0. The van der Waals surface area contributed by atoms with Gasteiger partial charge in [-0.25, -0.2) is 0 Å². The van der Waals surface area contributed by atoms with Gasteiger partial charge in [0.15, 0.2) is 0 Å². The molecule has 1 N–H and O–H groups in total. The lowest BCUT2D eigenvalue weighted by molar-refractivity contribution is -0.384. The van der Waals surface area contributed by atoms with Gasteiger partial charge in [-0.3, -0.25) is 24.6 Å². The number of amides is 2. The highest BCUT2D eigenvalue weighted by Crippen LogP contribution is 2.31. The van der Waals surface area contributed by atoms with Gasteiger partial charge in [0.05, 0.1) is 11.0 Å². The molecule has 0 aromatic heterocycles. The number of hydrogen-bond donors (Lipinski definition) is 1. The Morgan fingerprint density at radius 3 is 2.29 bits per heavy atom. The zero-order valence-electron chi connectivity index (χ0n) is 16.3. The van der Waals surface area contributed by atoms with Gasteiger partial charge >= 0.3 is 0 Å². The number of piperazine rings is 1. The summed E-state index contributed by atoms with van der Waals surface area (Å²) >= 11 is 0. The lowest BCUT2D eigenvalue weighted by atomic mass is 9.95. The van der Waals surface area contributed by atoms with Gasteiger partial charge in [-0.05, 0) is 37.8 Å². The van der Waals surface area contributed by atoms with Crippen molar-refractivity contribution >= 4 is 17.5 Å². The molecular weight excluding hydrogens is 360 g/mol. The second-order valence-corrected chi connectivity index (χ2v) is 7.52. The van der Waals surface area contributed by atoms with Crippen molar-refractivity contribution in [2.45, 2.75) is 38.6 Å². The number of nitrogens with one attached hydrogen (secondary N) is 1. The number of nitro benzene ring substituents is 1. The summed E-state index contributed by atoms with van der Waals surface area (Å²) in [5.74, 6) is 0.373. The number of likely N-dealkylation sites (N-methyl/N-ethyl adjacent to an activating group) is 1. The lowest BCUT2D eigenvalue weighted by Crippen LogP contribution is -2.58. The minimum absolute atomic E-state index is 0.0253. The number of nitrogens with zero attached hydrogens (tertiary/aromatic N) is 3. The van der Waals surface area contributed by atoms with E-state index in [4.69, 9.17) is 0 Å².